The van der Waals surface area contributed by atoms with Crippen LogP contribution in [0, 0.1) is 5.82 Å². The van der Waals surface area contributed by atoms with Crippen LogP contribution in [-0.4, -0.2) is 11.7 Å². The molecule has 2 nitrogen and oxygen atoms in total. The van der Waals surface area contributed by atoms with Gasteiger partial charge in [0.2, 0.25) is 0 Å². The predicted octanol–water partition coefficient (Wildman–Crippen LogP) is 2.08. The number of benzene rings is 1. The molecule has 1 aromatic carbocycles. The quantitative estimate of drug-likeness (QED) is 0.790. The third-order valence-electron chi connectivity index (χ3n) is 1.81. The zero-order valence-corrected chi connectivity index (χ0v) is 7.81. The van der Waals surface area contributed by atoms with Gasteiger partial charge in [0.15, 0.2) is 0 Å². The van der Waals surface area contributed by atoms with E-state index in [2.05, 4.69) is 0 Å². The van der Waals surface area contributed by atoms with Crippen LogP contribution in [0.1, 0.15) is 12.0 Å². The van der Waals surface area contributed by atoms with Gasteiger partial charge >= 0.3 is 0 Å². The van der Waals surface area contributed by atoms with Crippen molar-refractivity contribution in [2.24, 2.45) is 5.73 Å². The fraction of sp³-hybridized carbons (Fsp3) is 0.333. The van der Waals surface area contributed by atoms with Crippen LogP contribution in [-0.2, 0) is 6.42 Å². The molecule has 1 rings (SSSR count). The highest BCUT2D eigenvalue weighted by molar-refractivity contribution is 6.32. The van der Waals surface area contributed by atoms with Crippen LogP contribution in [0.25, 0.3) is 0 Å². The Morgan fingerprint density at radius 1 is 1.46 bits per heavy atom. The largest absolute Gasteiger partial charge is 0.506 e. The normalized spacial score (nSPS) is 10.4. The highest BCUT2D eigenvalue weighted by Crippen LogP contribution is 2.29. The summed E-state index contributed by atoms with van der Waals surface area (Å²) in [5.41, 5.74) is 5.53. The molecule has 0 saturated heterocycles. The maximum absolute atomic E-state index is 13.1. The van der Waals surface area contributed by atoms with Gasteiger partial charge in [0.1, 0.15) is 11.6 Å². The van der Waals surface area contributed by atoms with Crippen molar-refractivity contribution < 1.29 is 9.50 Å². The second kappa shape index (κ2) is 4.44. The lowest BCUT2D eigenvalue weighted by atomic mass is 10.1. The Labute approximate surface area is 81.1 Å². The lowest BCUT2D eigenvalue weighted by Crippen LogP contribution is -2.02. The zero-order valence-electron chi connectivity index (χ0n) is 7.06. The van der Waals surface area contributed by atoms with Crippen molar-refractivity contribution in [2.75, 3.05) is 6.54 Å². The lowest BCUT2D eigenvalue weighted by Gasteiger charge is -2.06. The number of nitrogens with two attached hydrogens (primary N) is 1. The first-order chi connectivity index (χ1) is 6.16. The smallest absolute Gasteiger partial charge is 0.140 e. The first-order valence-electron chi connectivity index (χ1n) is 4.02. The number of hydrogen-bond donors (Lipinski definition) is 2. The second-order valence-electron chi connectivity index (χ2n) is 2.75. The molecule has 13 heavy (non-hydrogen) atoms. The Bertz CT molecular complexity index is 304. The summed E-state index contributed by atoms with van der Waals surface area (Å²) >= 11 is 5.62. The van der Waals surface area contributed by atoms with Crippen LogP contribution in [0.5, 0.6) is 5.75 Å². The molecule has 1 aromatic rings. The Kier molecular flexibility index (Phi) is 3.51. The number of aromatic hydroxyl groups is 1. The van der Waals surface area contributed by atoms with Crippen LogP contribution in [0.4, 0.5) is 4.39 Å². The summed E-state index contributed by atoms with van der Waals surface area (Å²) in [7, 11) is 0. The van der Waals surface area contributed by atoms with Crippen molar-refractivity contribution in [3.63, 3.8) is 0 Å². The average molecular weight is 204 g/mol. The van der Waals surface area contributed by atoms with E-state index in [0.717, 1.165) is 0 Å². The lowest BCUT2D eigenvalue weighted by molar-refractivity contribution is 0.458. The van der Waals surface area contributed by atoms with E-state index < -0.39 is 5.82 Å². The fourth-order valence-electron chi connectivity index (χ4n) is 1.10. The van der Waals surface area contributed by atoms with Crippen molar-refractivity contribution in [1.29, 1.82) is 0 Å². The zero-order chi connectivity index (χ0) is 9.84. The first kappa shape index (κ1) is 10.3. The van der Waals surface area contributed by atoms with E-state index in [0.29, 0.717) is 19.4 Å². The highest BCUT2D eigenvalue weighted by Gasteiger charge is 2.10. The van der Waals surface area contributed by atoms with Gasteiger partial charge in [-0.1, -0.05) is 11.6 Å². The molecule has 0 aromatic heterocycles. The van der Waals surface area contributed by atoms with Crippen molar-refractivity contribution in [3.05, 3.63) is 28.5 Å². The number of hydrogen-bond acceptors (Lipinski definition) is 2. The van der Waals surface area contributed by atoms with E-state index in [1.807, 2.05) is 0 Å². The van der Waals surface area contributed by atoms with Gasteiger partial charge in [-0.25, -0.2) is 4.39 Å². The molecule has 72 valence electrons. The van der Waals surface area contributed by atoms with Gasteiger partial charge in [0, 0.05) is 5.56 Å². The number of phenols is 1. The monoisotopic (exact) mass is 203 g/mol. The first-order valence-corrected chi connectivity index (χ1v) is 4.40. The van der Waals surface area contributed by atoms with Gasteiger partial charge in [0.05, 0.1) is 5.02 Å². The van der Waals surface area contributed by atoms with Crippen LogP contribution in [0.15, 0.2) is 12.1 Å². The van der Waals surface area contributed by atoms with Crippen molar-refractivity contribution >= 4 is 11.6 Å². The summed E-state index contributed by atoms with van der Waals surface area (Å²) in [6.45, 7) is 0.464. The minimum atomic E-state index is -0.435. The van der Waals surface area contributed by atoms with Crippen LogP contribution >= 0.6 is 11.6 Å². The molecule has 0 saturated carbocycles. The molecule has 3 N–H and O–H groups in total. The molecule has 0 aliphatic heterocycles. The third-order valence-corrected chi connectivity index (χ3v) is 2.11. The molecule has 0 radical (unpaired) electrons. The topological polar surface area (TPSA) is 46.2 Å². The van der Waals surface area contributed by atoms with Crippen LogP contribution in [0.2, 0.25) is 5.02 Å². The Balaban J connectivity index is 2.96. The van der Waals surface area contributed by atoms with Gasteiger partial charge < -0.3 is 10.8 Å². The van der Waals surface area contributed by atoms with E-state index in [4.69, 9.17) is 17.3 Å². The standard InChI is InChI=1S/C9H11ClFNO/c10-7-3-4-8(11)6(9(7)13)2-1-5-12/h3-4,13H,1-2,5,12H2. The Morgan fingerprint density at radius 2 is 2.15 bits per heavy atom. The summed E-state index contributed by atoms with van der Waals surface area (Å²) in [6.07, 6.45) is 1.04. The van der Waals surface area contributed by atoms with E-state index >= 15 is 0 Å². The molecule has 0 spiro atoms. The minimum absolute atomic E-state index is 0.171. The molecule has 0 atom stereocenters. The Hall–Kier alpha value is -0.800. The average Bonchev–Trinajstić information content (AvgIpc) is 2.12. The summed E-state index contributed by atoms with van der Waals surface area (Å²) in [5, 5.41) is 9.57. The molecular formula is C9H11ClFNO. The van der Waals surface area contributed by atoms with Crippen LogP contribution < -0.4 is 5.73 Å². The van der Waals surface area contributed by atoms with E-state index in [-0.39, 0.29) is 16.3 Å². The van der Waals surface area contributed by atoms with Crippen molar-refractivity contribution in [1.82, 2.24) is 0 Å². The van der Waals surface area contributed by atoms with E-state index in [9.17, 15) is 9.50 Å². The molecular weight excluding hydrogens is 193 g/mol. The summed E-state index contributed by atoms with van der Waals surface area (Å²) < 4.78 is 13.1. The van der Waals surface area contributed by atoms with Gasteiger partial charge in [-0.15, -0.1) is 0 Å². The molecule has 0 heterocycles. The van der Waals surface area contributed by atoms with Crippen LogP contribution in [0.3, 0.4) is 0 Å². The highest BCUT2D eigenvalue weighted by atomic mass is 35.5. The van der Waals surface area contributed by atoms with Gasteiger partial charge in [-0.3, -0.25) is 0 Å². The maximum Gasteiger partial charge on any atom is 0.140 e. The fourth-order valence-corrected chi connectivity index (χ4v) is 1.28. The maximum atomic E-state index is 13.1. The number of phenolic OH excluding ortho intramolecular Hbond substituents is 1. The molecule has 0 aliphatic carbocycles. The predicted molar refractivity (Wildman–Crippen MR) is 50.5 cm³/mol. The molecule has 0 bridgehead atoms. The third kappa shape index (κ3) is 2.32. The molecule has 4 heteroatoms. The van der Waals surface area contributed by atoms with Gasteiger partial charge in [0.25, 0.3) is 0 Å². The summed E-state index contributed by atoms with van der Waals surface area (Å²) in [5.74, 6) is -0.606. The Morgan fingerprint density at radius 3 is 2.77 bits per heavy atom. The molecule has 0 aliphatic rings. The molecule has 0 unspecified atom stereocenters. The summed E-state index contributed by atoms with van der Waals surface area (Å²) in [6, 6.07) is 2.58. The van der Waals surface area contributed by atoms with E-state index in [1.54, 1.807) is 0 Å². The molecule has 0 amide bonds. The van der Waals surface area contributed by atoms with Crippen molar-refractivity contribution in [2.45, 2.75) is 12.8 Å². The van der Waals surface area contributed by atoms with Gasteiger partial charge in [-0.2, -0.15) is 0 Å². The minimum Gasteiger partial charge on any atom is -0.506 e. The second-order valence-corrected chi connectivity index (χ2v) is 3.16. The van der Waals surface area contributed by atoms with E-state index in [1.165, 1.54) is 12.1 Å². The van der Waals surface area contributed by atoms with Gasteiger partial charge in [-0.05, 0) is 31.5 Å². The molecule has 0 fully saturated rings. The summed E-state index contributed by atoms with van der Waals surface area (Å²) in [4.78, 5) is 0. The number of halogens is 2. The SMILES string of the molecule is NCCCc1c(F)ccc(Cl)c1O. The number of rotatable bonds is 3. The van der Waals surface area contributed by atoms with Crippen molar-refractivity contribution in [3.8, 4) is 5.75 Å².